The first kappa shape index (κ1) is 14.3. The molecule has 1 heterocycles. The molecule has 1 aliphatic carbocycles. The highest BCUT2D eigenvalue weighted by molar-refractivity contribution is 8.00. The molecule has 1 aromatic rings. The van der Waals surface area contributed by atoms with Gasteiger partial charge < -0.3 is 5.32 Å². The fourth-order valence-corrected chi connectivity index (χ4v) is 4.55. The highest BCUT2D eigenvalue weighted by atomic mass is 32.2. The number of aromatic nitrogens is 2. The summed E-state index contributed by atoms with van der Waals surface area (Å²) in [6, 6.07) is 0.629. The minimum Gasteiger partial charge on any atom is -0.316 e. The summed E-state index contributed by atoms with van der Waals surface area (Å²) >= 11 is 3.41. The second-order valence-corrected chi connectivity index (χ2v) is 6.95. The van der Waals surface area contributed by atoms with E-state index in [1.807, 2.05) is 11.8 Å². The second kappa shape index (κ2) is 7.46. The molecule has 3 nitrogen and oxygen atoms in total. The van der Waals surface area contributed by atoms with Crippen LogP contribution in [0.4, 0.5) is 0 Å². The standard InChI is InChI=1S/C13H23N3S2/c1-3-12-15-13(18-16-12)17-9-11(14-2)10-7-5-4-6-8-10/h10-11,14H,3-9H2,1-2H3. The third kappa shape index (κ3) is 3.93. The average molecular weight is 285 g/mol. The number of nitrogens with one attached hydrogen (secondary N) is 1. The lowest BCUT2D eigenvalue weighted by atomic mass is 9.84. The number of hydrogen-bond acceptors (Lipinski definition) is 5. The van der Waals surface area contributed by atoms with Gasteiger partial charge in [-0.15, -0.1) is 0 Å². The topological polar surface area (TPSA) is 37.8 Å². The van der Waals surface area contributed by atoms with E-state index in [9.17, 15) is 0 Å². The van der Waals surface area contributed by atoms with Crippen molar-refractivity contribution < 1.29 is 0 Å². The SMILES string of the molecule is CCc1nsc(SCC(NC)C2CCCCC2)n1. The van der Waals surface area contributed by atoms with Crippen molar-refractivity contribution in [2.45, 2.75) is 55.8 Å². The lowest BCUT2D eigenvalue weighted by Gasteiger charge is -2.29. The normalized spacial score (nSPS) is 19.0. The highest BCUT2D eigenvalue weighted by Crippen LogP contribution is 2.30. The lowest BCUT2D eigenvalue weighted by Crippen LogP contribution is -2.36. The Morgan fingerprint density at radius 1 is 1.39 bits per heavy atom. The summed E-state index contributed by atoms with van der Waals surface area (Å²) in [5, 5.41) is 3.50. The van der Waals surface area contributed by atoms with Crippen LogP contribution in [0, 0.1) is 5.92 Å². The molecular weight excluding hydrogens is 262 g/mol. The summed E-state index contributed by atoms with van der Waals surface area (Å²) in [5.41, 5.74) is 0. The van der Waals surface area contributed by atoms with Gasteiger partial charge in [0, 0.05) is 18.2 Å². The Morgan fingerprint density at radius 3 is 2.78 bits per heavy atom. The van der Waals surface area contributed by atoms with Crippen LogP contribution in [0.2, 0.25) is 0 Å². The van der Waals surface area contributed by atoms with E-state index in [-0.39, 0.29) is 0 Å². The maximum atomic E-state index is 4.52. The monoisotopic (exact) mass is 285 g/mol. The Kier molecular flexibility index (Phi) is 5.92. The van der Waals surface area contributed by atoms with Crippen molar-refractivity contribution in [1.29, 1.82) is 0 Å². The molecule has 0 saturated heterocycles. The maximum absolute atomic E-state index is 4.52. The number of hydrogen-bond donors (Lipinski definition) is 1. The van der Waals surface area contributed by atoms with E-state index in [0.29, 0.717) is 6.04 Å². The second-order valence-electron chi connectivity index (χ2n) is 4.93. The van der Waals surface area contributed by atoms with Gasteiger partial charge in [0.25, 0.3) is 0 Å². The number of rotatable bonds is 6. The van der Waals surface area contributed by atoms with E-state index in [0.717, 1.165) is 28.3 Å². The zero-order valence-corrected chi connectivity index (χ0v) is 12.9. The molecule has 0 bridgehead atoms. The van der Waals surface area contributed by atoms with Crippen molar-refractivity contribution in [3.8, 4) is 0 Å². The molecule has 1 atom stereocenters. The number of nitrogens with zero attached hydrogens (tertiary/aromatic N) is 2. The summed E-state index contributed by atoms with van der Waals surface area (Å²) in [7, 11) is 2.09. The predicted octanol–water partition coefficient (Wildman–Crippen LogP) is 3.36. The first-order chi connectivity index (χ1) is 8.83. The van der Waals surface area contributed by atoms with Crippen molar-refractivity contribution in [3.63, 3.8) is 0 Å². The fraction of sp³-hybridized carbons (Fsp3) is 0.846. The van der Waals surface area contributed by atoms with Crippen LogP contribution in [0.1, 0.15) is 44.9 Å². The number of thioether (sulfide) groups is 1. The van der Waals surface area contributed by atoms with Crippen molar-refractivity contribution in [1.82, 2.24) is 14.7 Å². The molecule has 1 aliphatic rings. The Bertz CT molecular complexity index is 348. The summed E-state index contributed by atoms with van der Waals surface area (Å²) in [4.78, 5) is 4.52. The lowest BCUT2D eigenvalue weighted by molar-refractivity contribution is 0.294. The largest absolute Gasteiger partial charge is 0.316 e. The summed E-state index contributed by atoms with van der Waals surface area (Å²) < 4.78 is 5.47. The molecule has 0 aromatic carbocycles. The van der Waals surface area contributed by atoms with Gasteiger partial charge in [0.05, 0.1) is 0 Å². The molecule has 0 spiro atoms. The molecule has 0 amide bonds. The molecule has 1 aromatic heterocycles. The van der Waals surface area contributed by atoms with Crippen LogP contribution in [-0.4, -0.2) is 28.2 Å². The van der Waals surface area contributed by atoms with Crippen LogP contribution in [0.15, 0.2) is 4.34 Å². The molecule has 1 saturated carbocycles. The fourth-order valence-electron chi connectivity index (χ4n) is 2.59. The van der Waals surface area contributed by atoms with E-state index in [4.69, 9.17) is 0 Å². The van der Waals surface area contributed by atoms with Gasteiger partial charge in [0.1, 0.15) is 5.82 Å². The van der Waals surface area contributed by atoms with E-state index in [1.165, 1.54) is 32.1 Å². The Balaban J connectivity index is 1.82. The quantitative estimate of drug-likeness (QED) is 0.813. The van der Waals surface area contributed by atoms with Gasteiger partial charge in [0.2, 0.25) is 0 Å². The molecule has 5 heteroatoms. The van der Waals surface area contributed by atoms with E-state index in [1.54, 1.807) is 11.5 Å². The Morgan fingerprint density at radius 2 is 2.17 bits per heavy atom. The smallest absolute Gasteiger partial charge is 0.170 e. The molecular formula is C13H23N3S2. The molecule has 0 aliphatic heterocycles. The van der Waals surface area contributed by atoms with Crippen LogP contribution < -0.4 is 5.32 Å². The minimum absolute atomic E-state index is 0.629. The molecule has 2 rings (SSSR count). The minimum atomic E-state index is 0.629. The Labute approximate surface area is 118 Å². The van der Waals surface area contributed by atoms with Gasteiger partial charge in [-0.3, -0.25) is 0 Å². The van der Waals surface area contributed by atoms with E-state index >= 15 is 0 Å². The molecule has 1 N–H and O–H groups in total. The van der Waals surface area contributed by atoms with Gasteiger partial charge in [-0.2, -0.15) is 4.37 Å². The molecule has 1 unspecified atom stereocenters. The van der Waals surface area contributed by atoms with E-state index < -0.39 is 0 Å². The summed E-state index contributed by atoms with van der Waals surface area (Å²) in [5.74, 6) is 2.97. The Hall–Kier alpha value is -0.130. The maximum Gasteiger partial charge on any atom is 0.170 e. The van der Waals surface area contributed by atoms with Crippen LogP contribution in [0.5, 0.6) is 0 Å². The third-order valence-corrected chi connectivity index (χ3v) is 5.73. The first-order valence-corrected chi connectivity index (χ1v) is 8.72. The zero-order chi connectivity index (χ0) is 12.8. The van der Waals surface area contributed by atoms with Crippen LogP contribution in [0.25, 0.3) is 0 Å². The zero-order valence-electron chi connectivity index (χ0n) is 11.3. The third-order valence-electron chi connectivity index (χ3n) is 3.74. The molecule has 0 radical (unpaired) electrons. The van der Waals surface area contributed by atoms with Gasteiger partial charge in [0.15, 0.2) is 4.34 Å². The van der Waals surface area contributed by atoms with Crippen molar-refractivity contribution in [2.24, 2.45) is 5.92 Å². The molecule has 1 fully saturated rings. The predicted molar refractivity (Wildman–Crippen MR) is 79.4 cm³/mol. The average Bonchev–Trinajstić information content (AvgIpc) is 2.89. The van der Waals surface area contributed by atoms with Crippen molar-refractivity contribution in [3.05, 3.63) is 5.82 Å². The van der Waals surface area contributed by atoms with Crippen LogP contribution in [0.3, 0.4) is 0 Å². The van der Waals surface area contributed by atoms with Gasteiger partial charge in [-0.25, -0.2) is 4.98 Å². The number of aryl methyl sites for hydroxylation is 1. The first-order valence-electron chi connectivity index (χ1n) is 6.96. The van der Waals surface area contributed by atoms with Gasteiger partial charge in [-0.1, -0.05) is 37.9 Å². The van der Waals surface area contributed by atoms with E-state index in [2.05, 4.69) is 28.6 Å². The summed E-state index contributed by atoms with van der Waals surface area (Å²) in [6.07, 6.45) is 7.97. The van der Waals surface area contributed by atoms with Crippen molar-refractivity contribution >= 4 is 23.3 Å². The van der Waals surface area contributed by atoms with Gasteiger partial charge in [-0.05, 0) is 37.3 Å². The molecule has 102 valence electrons. The highest BCUT2D eigenvalue weighted by Gasteiger charge is 2.22. The van der Waals surface area contributed by atoms with Crippen LogP contribution in [-0.2, 0) is 6.42 Å². The van der Waals surface area contributed by atoms with Gasteiger partial charge >= 0.3 is 0 Å². The van der Waals surface area contributed by atoms with Crippen molar-refractivity contribution in [2.75, 3.05) is 12.8 Å². The molecule has 18 heavy (non-hydrogen) atoms. The summed E-state index contributed by atoms with van der Waals surface area (Å²) in [6.45, 7) is 2.11. The van der Waals surface area contributed by atoms with Crippen LogP contribution >= 0.6 is 23.3 Å².